The van der Waals surface area contributed by atoms with Crippen LogP contribution < -0.4 is 14.2 Å². The van der Waals surface area contributed by atoms with Crippen molar-refractivity contribution in [2.75, 3.05) is 11.9 Å². The summed E-state index contributed by atoms with van der Waals surface area (Å²) in [6, 6.07) is 17.3. The van der Waals surface area contributed by atoms with Crippen molar-refractivity contribution < 1.29 is 22.2 Å². The van der Waals surface area contributed by atoms with E-state index in [1.54, 1.807) is 0 Å². The Hall–Kier alpha value is -2.52. The molecule has 0 spiro atoms. The van der Waals surface area contributed by atoms with Gasteiger partial charge >= 0.3 is 7.54 Å². The van der Waals surface area contributed by atoms with Crippen LogP contribution in [0.5, 0.6) is 0 Å². The van der Waals surface area contributed by atoms with E-state index in [1.807, 2.05) is 23.1 Å². The molecular weight excluding hydrogens is 491 g/mol. The average Bonchev–Trinajstić information content (AvgIpc) is 3.24. The highest BCUT2D eigenvalue weighted by atomic mass is 32.2. The van der Waals surface area contributed by atoms with Gasteiger partial charge in [0.15, 0.2) is 0 Å². The van der Waals surface area contributed by atoms with Gasteiger partial charge in [-0.15, -0.1) is 0 Å². The summed E-state index contributed by atoms with van der Waals surface area (Å²) in [5.74, 6) is 0. The van der Waals surface area contributed by atoms with Crippen molar-refractivity contribution in [3.05, 3.63) is 81.9 Å². The van der Waals surface area contributed by atoms with Crippen LogP contribution in [-0.4, -0.2) is 14.6 Å². The van der Waals surface area contributed by atoms with Crippen molar-refractivity contribution in [1.82, 2.24) is 0 Å². The Kier molecular flexibility index (Phi) is 8.54. The monoisotopic (exact) mass is 518 g/mol. The number of thioether (sulfide) groups is 1. The largest absolute Gasteiger partial charge is 1.00 e. The molecule has 1 aromatic heterocycles. The molecule has 2 nitrogen and oxygen atoms in total. The van der Waals surface area contributed by atoms with Crippen LogP contribution in [0, 0.1) is 5.41 Å². The van der Waals surface area contributed by atoms with Gasteiger partial charge in [-0.25, -0.2) is 0 Å². The van der Waals surface area contributed by atoms with Gasteiger partial charge in [0.25, 0.3) is 5.01 Å². The molecule has 0 fully saturated rings. The second-order valence-electron chi connectivity index (χ2n) is 9.28. The normalized spacial score (nSPS) is 18.6. The van der Waals surface area contributed by atoms with E-state index in [1.165, 1.54) is 42.0 Å². The topological polar surface area (TPSA) is 7.12 Å². The molecule has 1 aliphatic heterocycles. The van der Waals surface area contributed by atoms with Crippen molar-refractivity contribution in [2.24, 2.45) is 12.5 Å². The van der Waals surface area contributed by atoms with E-state index < -0.39 is 7.54 Å². The number of allylic oxidation sites excluding steroid dienone is 4. The maximum Gasteiger partial charge on any atom is 0.762 e. The molecule has 0 N–H and O–H groups in total. The molecule has 0 saturated carbocycles. The average molecular weight is 518 g/mol. The molecule has 0 radical (unpaired) electrons. The Labute approximate surface area is 212 Å². The Morgan fingerprint density at radius 3 is 2.34 bits per heavy atom. The van der Waals surface area contributed by atoms with Crippen molar-refractivity contribution >= 4 is 52.6 Å². The van der Waals surface area contributed by atoms with Gasteiger partial charge in [0, 0.05) is 24.1 Å². The number of thiazole rings is 1. The smallest absolute Gasteiger partial charge is 0.762 e. The van der Waals surface area contributed by atoms with Crippen molar-refractivity contribution in [1.29, 1.82) is 0 Å². The number of fused-ring (bicyclic) bond motifs is 2. The lowest BCUT2D eigenvalue weighted by Crippen LogP contribution is -3.00. The SMILES string of the molecule is CN1C(=CC2=CC(=Cc3sc4ccccc4[n+]3C)CC(C)(C)C2)Sc2ccccc21.FB(F)F.[F-]. The zero-order valence-corrected chi connectivity index (χ0v) is 21.7. The predicted molar refractivity (Wildman–Crippen MR) is 140 cm³/mol. The Morgan fingerprint density at radius 1 is 1.00 bits per heavy atom. The molecule has 2 heterocycles. The van der Waals surface area contributed by atoms with Gasteiger partial charge in [0.2, 0.25) is 5.52 Å². The lowest BCUT2D eigenvalue weighted by Gasteiger charge is -2.30. The minimum atomic E-state index is -3.67. The van der Waals surface area contributed by atoms with Crippen molar-refractivity contribution in [3.63, 3.8) is 0 Å². The third kappa shape index (κ3) is 6.38. The van der Waals surface area contributed by atoms with Crippen molar-refractivity contribution in [3.8, 4) is 0 Å². The van der Waals surface area contributed by atoms with Crippen LogP contribution in [0.4, 0.5) is 18.6 Å². The number of para-hydroxylation sites is 2. The fourth-order valence-corrected chi connectivity index (χ4v) is 6.76. The molecule has 0 unspecified atom stereocenters. The maximum atomic E-state index is 9.67. The van der Waals surface area contributed by atoms with Crippen LogP contribution >= 0.6 is 23.1 Å². The van der Waals surface area contributed by atoms with E-state index in [0.717, 1.165) is 12.8 Å². The number of halogens is 4. The summed E-state index contributed by atoms with van der Waals surface area (Å²) in [5, 5.41) is 2.62. The summed E-state index contributed by atoms with van der Waals surface area (Å²) < 4.78 is 32.7. The van der Waals surface area contributed by atoms with Gasteiger partial charge in [-0.2, -0.15) is 4.57 Å². The summed E-state index contributed by atoms with van der Waals surface area (Å²) in [6.07, 6.45) is 9.42. The molecule has 0 atom stereocenters. The molecule has 5 rings (SSSR count). The number of nitrogens with zero attached hydrogens (tertiary/aromatic N) is 2. The van der Waals surface area contributed by atoms with E-state index in [0.29, 0.717) is 0 Å². The molecule has 9 heteroatoms. The first-order valence-electron chi connectivity index (χ1n) is 11.1. The zero-order chi connectivity index (χ0) is 24.5. The lowest BCUT2D eigenvalue weighted by molar-refractivity contribution is -0.642. The summed E-state index contributed by atoms with van der Waals surface area (Å²) in [5.41, 5.74) is 5.71. The molecule has 184 valence electrons. The third-order valence-corrected chi connectivity index (χ3v) is 8.23. The van der Waals surface area contributed by atoms with Crippen LogP contribution in [0.1, 0.15) is 31.7 Å². The minimum Gasteiger partial charge on any atom is -1.00 e. The van der Waals surface area contributed by atoms with Crippen LogP contribution in [0.3, 0.4) is 0 Å². The summed E-state index contributed by atoms with van der Waals surface area (Å²) in [4.78, 5) is 3.66. The van der Waals surface area contributed by atoms with E-state index in [9.17, 15) is 12.9 Å². The second-order valence-corrected chi connectivity index (χ2v) is 11.4. The van der Waals surface area contributed by atoms with Crippen LogP contribution in [0.15, 0.2) is 81.8 Å². The number of aryl methyl sites for hydroxylation is 1. The van der Waals surface area contributed by atoms with Crippen LogP contribution in [0.25, 0.3) is 16.3 Å². The standard InChI is InChI=1S/C26H27N2S2.BF3.FH/c1-26(2)16-18(14-24-27(3)20-9-5-7-11-22(20)29-24)13-19(17-26)15-25-28(4)21-10-6-8-12-23(21)30-25;2-1(3)4;/h5-15H,16-17H2,1-4H3;;1H/q+1;;/p-1. The zero-order valence-electron chi connectivity index (χ0n) is 20.1. The summed E-state index contributed by atoms with van der Waals surface area (Å²) in [7, 11) is 0.681. The van der Waals surface area contributed by atoms with Gasteiger partial charge in [-0.05, 0) is 53.7 Å². The molecular formula is C26H27BF4N2S2. The number of rotatable bonds is 2. The van der Waals surface area contributed by atoms with Crippen LogP contribution in [0.2, 0.25) is 0 Å². The van der Waals surface area contributed by atoms with Crippen LogP contribution in [-0.2, 0) is 7.05 Å². The first kappa shape index (κ1) is 27.1. The number of aromatic nitrogens is 1. The van der Waals surface area contributed by atoms with Gasteiger partial charge in [-0.1, -0.05) is 67.3 Å². The van der Waals surface area contributed by atoms with Gasteiger partial charge in [0.1, 0.15) is 11.7 Å². The van der Waals surface area contributed by atoms with Crippen molar-refractivity contribution in [2.45, 2.75) is 31.6 Å². The molecule has 0 saturated heterocycles. The highest BCUT2D eigenvalue weighted by Crippen LogP contribution is 2.47. The van der Waals surface area contributed by atoms with E-state index in [-0.39, 0.29) is 10.1 Å². The first-order valence-corrected chi connectivity index (χ1v) is 12.7. The molecule has 1 aliphatic carbocycles. The number of anilines is 1. The Balaban J connectivity index is 0.000000638. The molecule has 3 aromatic rings. The van der Waals surface area contributed by atoms with E-state index >= 15 is 0 Å². The summed E-state index contributed by atoms with van der Waals surface area (Å²) in [6.45, 7) is 4.77. The fourth-order valence-electron chi connectivity index (χ4n) is 4.50. The number of hydrogen-bond donors (Lipinski definition) is 0. The van der Waals surface area contributed by atoms with Gasteiger partial charge in [-0.3, -0.25) is 12.9 Å². The van der Waals surface area contributed by atoms with E-state index in [4.69, 9.17) is 0 Å². The highest BCUT2D eigenvalue weighted by molar-refractivity contribution is 8.03. The molecule has 35 heavy (non-hydrogen) atoms. The molecule has 0 amide bonds. The number of hydrogen-bond acceptors (Lipinski definition) is 3. The Morgan fingerprint density at radius 2 is 1.66 bits per heavy atom. The van der Waals surface area contributed by atoms with Gasteiger partial charge < -0.3 is 9.60 Å². The quantitative estimate of drug-likeness (QED) is 0.273. The molecule has 2 aliphatic rings. The molecule has 0 bridgehead atoms. The molecule has 2 aromatic carbocycles. The highest BCUT2D eigenvalue weighted by Gasteiger charge is 2.28. The summed E-state index contributed by atoms with van der Waals surface area (Å²) >= 11 is 3.75. The first-order chi connectivity index (χ1) is 16.1. The second kappa shape index (κ2) is 11.0. The predicted octanol–water partition coefficient (Wildman–Crippen LogP) is 4.82. The minimum absolute atomic E-state index is 0. The number of benzene rings is 2. The van der Waals surface area contributed by atoms with Gasteiger partial charge in [0.05, 0.1) is 10.7 Å². The lowest BCUT2D eigenvalue weighted by atomic mass is 9.75. The Bertz CT molecular complexity index is 1290. The third-order valence-electron chi connectivity index (χ3n) is 5.90. The maximum absolute atomic E-state index is 9.67. The van der Waals surface area contributed by atoms with E-state index in [2.05, 4.69) is 104 Å². The fraction of sp³-hybridized carbons (Fsp3) is 0.269.